The molecule has 5 heteroatoms. The summed E-state index contributed by atoms with van der Waals surface area (Å²) in [6.45, 7) is -0.0229. The van der Waals surface area contributed by atoms with Gasteiger partial charge in [-0.05, 0) is 18.1 Å². The number of fused-ring (bicyclic) bond motifs is 1. The lowest BCUT2D eigenvalue weighted by Crippen LogP contribution is -2.25. The van der Waals surface area contributed by atoms with Crippen LogP contribution in [0.15, 0.2) is 12.1 Å². The monoisotopic (exact) mass is 279 g/mol. The maximum absolute atomic E-state index is 12.2. The van der Waals surface area contributed by atoms with Crippen LogP contribution in [0.3, 0.4) is 0 Å². The van der Waals surface area contributed by atoms with Crippen molar-refractivity contribution in [2.45, 2.75) is 25.7 Å². The fraction of sp³-hybridized carbons (Fsp3) is 0.429. The van der Waals surface area contributed by atoms with Crippen LogP contribution >= 0.6 is 11.6 Å². The van der Waals surface area contributed by atoms with E-state index in [2.05, 4.69) is 5.32 Å². The third kappa shape index (κ3) is 2.45. The molecule has 0 saturated heterocycles. The Morgan fingerprint density at radius 1 is 1.42 bits per heavy atom. The van der Waals surface area contributed by atoms with Crippen molar-refractivity contribution in [1.82, 2.24) is 0 Å². The predicted molar refractivity (Wildman–Crippen MR) is 71.9 cm³/mol. The van der Waals surface area contributed by atoms with Crippen LogP contribution in [0.25, 0.3) is 0 Å². The molecule has 1 aliphatic carbocycles. The Bertz CT molecular complexity index is 552. The fourth-order valence-corrected chi connectivity index (χ4v) is 2.65. The standard InChI is InChI=1S/C14H14ClNO3/c15-10-6-11-13(19-7-14(18)16-11)5-9(10)12(17)4-8-2-1-3-8/h5-6,8H,1-4,7H2,(H,16,18). The largest absolute Gasteiger partial charge is 0.482 e. The summed E-state index contributed by atoms with van der Waals surface area (Å²) in [4.78, 5) is 23.4. The Morgan fingerprint density at radius 2 is 2.21 bits per heavy atom. The summed E-state index contributed by atoms with van der Waals surface area (Å²) in [5, 5.41) is 3.04. The minimum Gasteiger partial charge on any atom is -0.482 e. The van der Waals surface area contributed by atoms with E-state index in [1.807, 2.05) is 0 Å². The number of hydrogen-bond acceptors (Lipinski definition) is 3. The SMILES string of the molecule is O=C1COc2cc(C(=O)CC3CCC3)c(Cl)cc2N1. The molecule has 0 spiro atoms. The van der Waals surface area contributed by atoms with Crippen molar-refractivity contribution in [3.05, 3.63) is 22.7 Å². The van der Waals surface area contributed by atoms with E-state index in [0.29, 0.717) is 34.4 Å². The van der Waals surface area contributed by atoms with Gasteiger partial charge in [0.25, 0.3) is 5.91 Å². The zero-order chi connectivity index (χ0) is 13.4. The number of carbonyl (C=O) groups is 2. The molecular weight excluding hydrogens is 266 g/mol. The molecule has 1 aromatic carbocycles. The molecule has 2 aliphatic rings. The second kappa shape index (κ2) is 4.85. The molecule has 1 aliphatic heterocycles. The number of ketones is 1. The molecule has 100 valence electrons. The Labute approximate surface area is 116 Å². The van der Waals surface area contributed by atoms with E-state index in [4.69, 9.17) is 16.3 Å². The Kier molecular flexibility index (Phi) is 3.19. The molecule has 0 atom stereocenters. The molecule has 1 heterocycles. The number of nitrogens with one attached hydrogen (secondary N) is 1. The van der Waals surface area contributed by atoms with Crippen LogP contribution in [0.5, 0.6) is 5.75 Å². The highest BCUT2D eigenvalue weighted by molar-refractivity contribution is 6.34. The van der Waals surface area contributed by atoms with Gasteiger partial charge in [-0.25, -0.2) is 0 Å². The lowest BCUT2D eigenvalue weighted by Gasteiger charge is -2.25. The number of carbonyl (C=O) groups excluding carboxylic acids is 2. The van der Waals surface area contributed by atoms with Crippen molar-refractivity contribution < 1.29 is 14.3 Å². The predicted octanol–water partition coefficient (Wildman–Crippen LogP) is 3.04. The number of amides is 1. The lowest BCUT2D eigenvalue weighted by atomic mass is 9.81. The third-order valence-corrected chi connectivity index (χ3v) is 4.01. The Hall–Kier alpha value is -1.55. The highest BCUT2D eigenvalue weighted by Gasteiger charge is 2.25. The molecule has 3 rings (SSSR count). The molecule has 4 nitrogen and oxygen atoms in total. The first-order valence-electron chi connectivity index (χ1n) is 6.43. The van der Waals surface area contributed by atoms with Crippen LogP contribution < -0.4 is 10.1 Å². The number of anilines is 1. The van der Waals surface area contributed by atoms with Crippen LogP contribution in [0.2, 0.25) is 5.02 Å². The topological polar surface area (TPSA) is 55.4 Å². The van der Waals surface area contributed by atoms with Gasteiger partial charge in [-0.3, -0.25) is 9.59 Å². The van der Waals surface area contributed by atoms with E-state index < -0.39 is 0 Å². The summed E-state index contributed by atoms with van der Waals surface area (Å²) in [7, 11) is 0. The molecule has 0 unspecified atom stereocenters. The summed E-state index contributed by atoms with van der Waals surface area (Å²) in [6, 6.07) is 3.22. The van der Waals surface area contributed by atoms with Gasteiger partial charge in [0, 0.05) is 12.0 Å². The molecule has 0 bridgehead atoms. The average molecular weight is 280 g/mol. The number of rotatable bonds is 3. The van der Waals surface area contributed by atoms with E-state index in [9.17, 15) is 9.59 Å². The number of ether oxygens (including phenoxy) is 1. The number of Topliss-reactive ketones (excluding diaryl/α,β-unsaturated/α-hetero) is 1. The summed E-state index contributed by atoms with van der Waals surface area (Å²) in [5.74, 6) is 0.858. The van der Waals surface area contributed by atoms with Crippen LogP contribution in [-0.2, 0) is 4.79 Å². The van der Waals surface area contributed by atoms with E-state index in [0.717, 1.165) is 12.8 Å². The number of benzene rings is 1. The van der Waals surface area contributed by atoms with Gasteiger partial charge >= 0.3 is 0 Å². The van der Waals surface area contributed by atoms with Gasteiger partial charge in [0.05, 0.1) is 10.7 Å². The van der Waals surface area contributed by atoms with Gasteiger partial charge in [0.15, 0.2) is 12.4 Å². The molecular formula is C14H14ClNO3. The molecule has 0 radical (unpaired) electrons. The zero-order valence-corrected chi connectivity index (χ0v) is 11.1. The first-order valence-corrected chi connectivity index (χ1v) is 6.80. The van der Waals surface area contributed by atoms with Crippen molar-refractivity contribution in [3.63, 3.8) is 0 Å². The van der Waals surface area contributed by atoms with Gasteiger partial charge < -0.3 is 10.1 Å². The third-order valence-electron chi connectivity index (χ3n) is 3.70. The van der Waals surface area contributed by atoms with E-state index >= 15 is 0 Å². The van der Waals surface area contributed by atoms with Gasteiger partial charge in [-0.1, -0.05) is 30.9 Å². The van der Waals surface area contributed by atoms with Crippen LogP contribution in [0.4, 0.5) is 5.69 Å². The highest BCUT2D eigenvalue weighted by atomic mass is 35.5. The van der Waals surface area contributed by atoms with E-state index in [1.165, 1.54) is 6.42 Å². The first-order chi connectivity index (χ1) is 9.13. The van der Waals surface area contributed by atoms with E-state index in [1.54, 1.807) is 12.1 Å². The number of halogens is 1. The minimum atomic E-state index is -0.211. The molecule has 0 aromatic heterocycles. The Balaban J connectivity index is 1.85. The summed E-state index contributed by atoms with van der Waals surface area (Å²) in [6.07, 6.45) is 4.01. The average Bonchev–Trinajstić information content (AvgIpc) is 2.32. The van der Waals surface area contributed by atoms with Crippen LogP contribution in [0.1, 0.15) is 36.0 Å². The highest BCUT2D eigenvalue weighted by Crippen LogP contribution is 2.36. The molecule has 1 N–H and O–H groups in total. The molecule has 1 saturated carbocycles. The number of hydrogen-bond donors (Lipinski definition) is 1. The molecule has 1 amide bonds. The van der Waals surface area contributed by atoms with Crippen molar-refractivity contribution in [2.24, 2.45) is 5.92 Å². The van der Waals surface area contributed by atoms with Gasteiger partial charge in [-0.2, -0.15) is 0 Å². The second-order valence-electron chi connectivity index (χ2n) is 5.09. The molecule has 1 fully saturated rings. The van der Waals surface area contributed by atoms with E-state index in [-0.39, 0.29) is 18.3 Å². The minimum absolute atomic E-state index is 0.0229. The summed E-state index contributed by atoms with van der Waals surface area (Å²) in [5.41, 5.74) is 1.02. The second-order valence-corrected chi connectivity index (χ2v) is 5.50. The lowest BCUT2D eigenvalue weighted by molar-refractivity contribution is -0.118. The summed E-state index contributed by atoms with van der Waals surface area (Å²) < 4.78 is 5.30. The van der Waals surface area contributed by atoms with Crippen molar-refractivity contribution in [2.75, 3.05) is 11.9 Å². The summed E-state index contributed by atoms with van der Waals surface area (Å²) >= 11 is 6.12. The normalized spacial score (nSPS) is 18.1. The quantitative estimate of drug-likeness (QED) is 0.865. The fourth-order valence-electron chi connectivity index (χ4n) is 2.38. The maximum Gasteiger partial charge on any atom is 0.262 e. The Morgan fingerprint density at radius 3 is 2.89 bits per heavy atom. The maximum atomic E-state index is 12.2. The van der Waals surface area contributed by atoms with Crippen LogP contribution in [-0.4, -0.2) is 18.3 Å². The van der Waals surface area contributed by atoms with Gasteiger partial charge in [0.1, 0.15) is 5.75 Å². The molecule has 1 aromatic rings. The van der Waals surface area contributed by atoms with Crippen molar-refractivity contribution in [1.29, 1.82) is 0 Å². The first kappa shape index (κ1) is 12.5. The van der Waals surface area contributed by atoms with Crippen molar-refractivity contribution >= 4 is 29.0 Å². The van der Waals surface area contributed by atoms with Crippen LogP contribution in [0, 0.1) is 5.92 Å². The van der Waals surface area contributed by atoms with Crippen molar-refractivity contribution in [3.8, 4) is 5.75 Å². The van der Waals surface area contributed by atoms with Gasteiger partial charge in [-0.15, -0.1) is 0 Å². The zero-order valence-electron chi connectivity index (χ0n) is 10.4. The smallest absolute Gasteiger partial charge is 0.262 e. The molecule has 19 heavy (non-hydrogen) atoms. The van der Waals surface area contributed by atoms with Gasteiger partial charge in [0.2, 0.25) is 0 Å².